The molecule has 3 rings (SSSR count). The molecule has 0 amide bonds. The predicted molar refractivity (Wildman–Crippen MR) is 97.3 cm³/mol. The molecule has 128 valence electrons. The van der Waals surface area contributed by atoms with Crippen LogP contribution in [0, 0.1) is 6.92 Å². The minimum atomic E-state index is -3.17. The topological polar surface area (TPSA) is 76.9 Å². The number of aryl methyl sites for hydroxylation is 2. The Hall–Kier alpha value is -1.93. The third kappa shape index (κ3) is 3.16. The summed E-state index contributed by atoms with van der Waals surface area (Å²) in [5.41, 5.74) is 2.89. The Morgan fingerprint density at radius 1 is 1.29 bits per heavy atom. The van der Waals surface area contributed by atoms with Crippen molar-refractivity contribution in [1.29, 1.82) is 0 Å². The van der Waals surface area contributed by atoms with E-state index >= 15 is 0 Å². The molecule has 0 radical (unpaired) electrons. The Balaban J connectivity index is 1.86. The van der Waals surface area contributed by atoms with Crippen molar-refractivity contribution >= 4 is 36.7 Å². The molecule has 24 heavy (non-hydrogen) atoms. The molecule has 1 N–H and O–H groups in total. The number of hydrogen-bond acceptors (Lipinski definition) is 6. The highest BCUT2D eigenvalue weighted by Gasteiger charge is 2.16. The molecule has 6 nitrogen and oxygen atoms in total. The Morgan fingerprint density at radius 2 is 1.96 bits per heavy atom. The molecule has 8 heteroatoms. The van der Waals surface area contributed by atoms with Crippen LogP contribution in [0.3, 0.4) is 0 Å². The zero-order valence-corrected chi connectivity index (χ0v) is 15.7. The Kier molecular flexibility index (Phi) is 4.35. The monoisotopic (exact) mass is 364 g/mol. The number of fused-ring (bicyclic) bond motifs is 1. The Bertz CT molecular complexity index is 937. The summed E-state index contributed by atoms with van der Waals surface area (Å²) in [6.45, 7) is 4.06. The molecule has 2 aromatic heterocycles. The summed E-state index contributed by atoms with van der Waals surface area (Å²) in [5.74, 6) is 0. The summed E-state index contributed by atoms with van der Waals surface area (Å²) in [6, 6.07) is 7.10. The smallest absolute Gasteiger partial charge is 0.185 e. The van der Waals surface area contributed by atoms with Crippen molar-refractivity contribution < 1.29 is 8.42 Å². The lowest BCUT2D eigenvalue weighted by atomic mass is 10.1. The SMILES string of the molecule is CC[C@H](Nc1nc2c(s1)c(C)nn2C)c1ccc(S(C)(=O)=O)cc1. The lowest BCUT2D eigenvalue weighted by Crippen LogP contribution is -2.10. The van der Waals surface area contributed by atoms with Crippen LogP contribution in [0.4, 0.5) is 5.13 Å². The van der Waals surface area contributed by atoms with Crippen LogP contribution in [0.5, 0.6) is 0 Å². The molecule has 1 aromatic carbocycles. The first kappa shape index (κ1) is 16.9. The van der Waals surface area contributed by atoms with Gasteiger partial charge in [-0.3, -0.25) is 0 Å². The molecule has 3 aromatic rings. The van der Waals surface area contributed by atoms with Crippen molar-refractivity contribution in [3.8, 4) is 0 Å². The number of nitrogens with one attached hydrogen (secondary N) is 1. The van der Waals surface area contributed by atoms with Gasteiger partial charge in [-0.15, -0.1) is 0 Å². The molecule has 0 aliphatic carbocycles. The largest absolute Gasteiger partial charge is 0.355 e. The van der Waals surface area contributed by atoms with Gasteiger partial charge in [0.15, 0.2) is 20.6 Å². The van der Waals surface area contributed by atoms with E-state index in [1.807, 2.05) is 26.1 Å². The van der Waals surface area contributed by atoms with Crippen molar-refractivity contribution in [3.05, 3.63) is 35.5 Å². The van der Waals surface area contributed by atoms with Crippen molar-refractivity contribution in [2.24, 2.45) is 7.05 Å². The van der Waals surface area contributed by atoms with E-state index in [2.05, 4.69) is 22.3 Å². The average Bonchev–Trinajstić information content (AvgIpc) is 3.06. The number of hydrogen-bond donors (Lipinski definition) is 1. The van der Waals surface area contributed by atoms with Crippen LogP contribution in [0.2, 0.25) is 0 Å². The van der Waals surface area contributed by atoms with Gasteiger partial charge in [0, 0.05) is 13.3 Å². The summed E-state index contributed by atoms with van der Waals surface area (Å²) < 4.78 is 26.0. The second-order valence-corrected chi connectivity index (χ2v) is 8.84. The van der Waals surface area contributed by atoms with Crippen molar-refractivity contribution in [1.82, 2.24) is 14.8 Å². The third-order valence-electron chi connectivity index (χ3n) is 3.96. The first-order valence-corrected chi connectivity index (χ1v) is 10.4. The second kappa shape index (κ2) is 6.18. The van der Waals surface area contributed by atoms with Gasteiger partial charge in [0.2, 0.25) is 0 Å². The van der Waals surface area contributed by atoms with Crippen LogP contribution < -0.4 is 5.32 Å². The van der Waals surface area contributed by atoms with E-state index in [0.717, 1.165) is 33.2 Å². The number of anilines is 1. The fourth-order valence-corrected chi connectivity index (χ4v) is 4.28. The number of rotatable bonds is 5. The van der Waals surface area contributed by atoms with Gasteiger partial charge in [0.25, 0.3) is 0 Å². The van der Waals surface area contributed by atoms with Crippen molar-refractivity contribution in [3.63, 3.8) is 0 Å². The summed E-state index contributed by atoms with van der Waals surface area (Å²) >= 11 is 1.59. The normalized spacial score (nSPS) is 13.3. The molecule has 0 fully saturated rings. The first-order chi connectivity index (χ1) is 11.3. The molecule has 0 saturated carbocycles. The molecule has 0 aliphatic rings. The highest BCUT2D eigenvalue weighted by atomic mass is 32.2. The van der Waals surface area contributed by atoms with E-state index in [-0.39, 0.29) is 6.04 Å². The van der Waals surface area contributed by atoms with Gasteiger partial charge in [-0.05, 0) is 31.0 Å². The van der Waals surface area contributed by atoms with E-state index in [0.29, 0.717) is 4.90 Å². The molecular formula is C16H20N4O2S2. The van der Waals surface area contributed by atoms with Gasteiger partial charge in [0.05, 0.1) is 21.3 Å². The molecule has 0 unspecified atom stereocenters. The van der Waals surface area contributed by atoms with Crippen LogP contribution in [0.25, 0.3) is 10.3 Å². The maximum atomic E-state index is 11.6. The van der Waals surface area contributed by atoms with Crippen LogP contribution in [0.15, 0.2) is 29.2 Å². The Morgan fingerprint density at radius 3 is 2.50 bits per heavy atom. The van der Waals surface area contributed by atoms with Gasteiger partial charge in [-0.25, -0.2) is 18.1 Å². The summed E-state index contributed by atoms with van der Waals surface area (Å²) in [5, 5.41) is 8.66. The Labute approximate surface area is 145 Å². The van der Waals surface area contributed by atoms with Crippen LogP contribution >= 0.6 is 11.3 Å². The van der Waals surface area contributed by atoms with Gasteiger partial charge in [0.1, 0.15) is 0 Å². The fraction of sp³-hybridized carbons (Fsp3) is 0.375. The average molecular weight is 364 g/mol. The molecule has 1 atom stereocenters. The minimum Gasteiger partial charge on any atom is -0.355 e. The van der Waals surface area contributed by atoms with Crippen molar-refractivity contribution in [2.75, 3.05) is 11.6 Å². The molecule has 0 spiro atoms. The van der Waals surface area contributed by atoms with E-state index in [4.69, 9.17) is 0 Å². The van der Waals surface area contributed by atoms with Crippen LogP contribution in [-0.2, 0) is 16.9 Å². The number of sulfone groups is 1. The highest BCUT2D eigenvalue weighted by Crippen LogP contribution is 2.31. The number of benzene rings is 1. The molecular weight excluding hydrogens is 344 g/mol. The van der Waals surface area contributed by atoms with Crippen molar-refractivity contribution in [2.45, 2.75) is 31.2 Å². The summed E-state index contributed by atoms with van der Waals surface area (Å²) in [6.07, 6.45) is 2.08. The van der Waals surface area contributed by atoms with Crippen LogP contribution in [-0.4, -0.2) is 29.4 Å². The molecule has 0 bridgehead atoms. The summed E-state index contributed by atoms with van der Waals surface area (Å²) in [4.78, 5) is 4.95. The maximum Gasteiger partial charge on any atom is 0.185 e. The first-order valence-electron chi connectivity index (χ1n) is 7.66. The zero-order chi connectivity index (χ0) is 17.5. The second-order valence-electron chi connectivity index (χ2n) is 5.83. The lowest BCUT2D eigenvalue weighted by molar-refractivity contribution is 0.601. The maximum absolute atomic E-state index is 11.6. The lowest BCUT2D eigenvalue weighted by Gasteiger charge is -2.17. The van der Waals surface area contributed by atoms with E-state index in [1.54, 1.807) is 28.2 Å². The fourth-order valence-electron chi connectivity index (χ4n) is 2.66. The predicted octanol–water partition coefficient (Wildman–Crippen LogP) is 3.30. The highest BCUT2D eigenvalue weighted by molar-refractivity contribution is 7.90. The van der Waals surface area contributed by atoms with Gasteiger partial charge in [-0.2, -0.15) is 5.10 Å². The molecule has 0 saturated heterocycles. The zero-order valence-electron chi connectivity index (χ0n) is 14.1. The molecule has 2 heterocycles. The van der Waals surface area contributed by atoms with E-state index < -0.39 is 9.84 Å². The minimum absolute atomic E-state index is 0.0763. The van der Waals surface area contributed by atoms with Crippen LogP contribution in [0.1, 0.15) is 30.6 Å². The quantitative estimate of drug-likeness (QED) is 0.751. The number of thiazole rings is 1. The van der Waals surface area contributed by atoms with E-state index in [1.165, 1.54) is 6.26 Å². The third-order valence-corrected chi connectivity index (χ3v) is 6.17. The number of nitrogens with zero attached hydrogens (tertiary/aromatic N) is 3. The van der Waals surface area contributed by atoms with E-state index in [9.17, 15) is 8.42 Å². The molecule has 0 aliphatic heterocycles. The summed E-state index contributed by atoms with van der Waals surface area (Å²) in [7, 11) is -1.28. The van der Waals surface area contributed by atoms with Gasteiger partial charge in [-0.1, -0.05) is 30.4 Å². The standard InChI is InChI=1S/C16H20N4O2S2/c1-5-13(11-6-8-12(9-7-11)24(4,21)22)17-16-18-15-14(23-16)10(2)19-20(15)3/h6-9,13H,5H2,1-4H3,(H,17,18)/t13-/m0/s1. The van der Waals surface area contributed by atoms with Gasteiger partial charge < -0.3 is 5.32 Å². The van der Waals surface area contributed by atoms with Gasteiger partial charge >= 0.3 is 0 Å². The number of aromatic nitrogens is 3.